The molecular formula is C13H17NO3. The molecule has 1 unspecified atom stereocenters. The number of amides is 1. The Morgan fingerprint density at radius 1 is 1.35 bits per heavy atom. The van der Waals surface area contributed by atoms with Gasteiger partial charge in [0.15, 0.2) is 0 Å². The van der Waals surface area contributed by atoms with Crippen molar-refractivity contribution in [3.05, 3.63) is 35.4 Å². The summed E-state index contributed by atoms with van der Waals surface area (Å²) in [6, 6.07) is 6.71. The molecule has 0 saturated carbocycles. The number of nitrogens with one attached hydrogen (secondary N) is 1. The van der Waals surface area contributed by atoms with E-state index in [0.29, 0.717) is 6.42 Å². The summed E-state index contributed by atoms with van der Waals surface area (Å²) in [5, 5.41) is 11.6. The van der Waals surface area contributed by atoms with Gasteiger partial charge in [-0.15, -0.1) is 0 Å². The van der Waals surface area contributed by atoms with Crippen LogP contribution in [0.5, 0.6) is 0 Å². The Morgan fingerprint density at radius 3 is 2.53 bits per heavy atom. The maximum Gasteiger partial charge on any atom is 0.326 e. The Hall–Kier alpha value is -1.84. The molecule has 2 N–H and O–H groups in total. The lowest BCUT2D eigenvalue weighted by Gasteiger charge is -2.15. The van der Waals surface area contributed by atoms with Gasteiger partial charge in [-0.3, -0.25) is 4.79 Å². The van der Waals surface area contributed by atoms with Crippen LogP contribution in [0.4, 0.5) is 0 Å². The molecule has 0 bridgehead atoms. The fourth-order valence-corrected chi connectivity index (χ4v) is 1.56. The molecule has 17 heavy (non-hydrogen) atoms. The van der Waals surface area contributed by atoms with Crippen molar-refractivity contribution in [1.82, 2.24) is 5.32 Å². The second-order valence-electron chi connectivity index (χ2n) is 3.94. The molecule has 92 valence electrons. The highest BCUT2D eigenvalue weighted by molar-refractivity contribution is 5.83. The smallest absolute Gasteiger partial charge is 0.326 e. The Balaban J connectivity index is 2.77. The number of aliphatic carboxylic acids is 1. The van der Waals surface area contributed by atoms with E-state index in [2.05, 4.69) is 5.32 Å². The zero-order valence-corrected chi connectivity index (χ0v) is 10.1. The van der Waals surface area contributed by atoms with Gasteiger partial charge < -0.3 is 10.4 Å². The van der Waals surface area contributed by atoms with Crippen LogP contribution < -0.4 is 5.32 Å². The van der Waals surface area contributed by atoms with E-state index in [9.17, 15) is 9.59 Å². The summed E-state index contributed by atoms with van der Waals surface area (Å²) in [5.74, 6) is -1.25. The molecule has 0 aliphatic rings. The average molecular weight is 235 g/mol. The normalized spacial score (nSPS) is 11.9. The third-order valence-electron chi connectivity index (χ3n) is 2.64. The quantitative estimate of drug-likeness (QED) is 0.813. The number of carbonyl (C=O) groups excluding carboxylic acids is 1. The first-order valence-electron chi connectivity index (χ1n) is 5.61. The van der Waals surface area contributed by atoms with Crippen molar-refractivity contribution in [2.75, 3.05) is 0 Å². The zero-order valence-electron chi connectivity index (χ0n) is 10.1. The van der Waals surface area contributed by atoms with Crippen LogP contribution in [0.3, 0.4) is 0 Å². The van der Waals surface area contributed by atoms with E-state index in [1.165, 1.54) is 0 Å². The van der Waals surface area contributed by atoms with E-state index in [1.807, 2.05) is 31.2 Å². The molecule has 0 aliphatic carbocycles. The van der Waals surface area contributed by atoms with E-state index < -0.39 is 12.0 Å². The monoisotopic (exact) mass is 235 g/mol. The molecule has 0 aromatic heterocycles. The lowest BCUT2D eigenvalue weighted by atomic mass is 10.0. The number of rotatable bonds is 5. The zero-order chi connectivity index (χ0) is 12.8. The van der Waals surface area contributed by atoms with Gasteiger partial charge in [0.2, 0.25) is 5.91 Å². The molecule has 0 saturated heterocycles. The van der Waals surface area contributed by atoms with Gasteiger partial charge in [-0.1, -0.05) is 31.2 Å². The summed E-state index contributed by atoms with van der Waals surface area (Å²) in [4.78, 5) is 22.3. The largest absolute Gasteiger partial charge is 0.480 e. The predicted molar refractivity (Wildman–Crippen MR) is 64.7 cm³/mol. The molecule has 1 amide bonds. The summed E-state index contributed by atoms with van der Waals surface area (Å²) in [6.45, 7) is 3.62. The summed E-state index contributed by atoms with van der Waals surface area (Å²) < 4.78 is 0. The second-order valence-corrected chi connectivity index (χ2v) is 3.94. The Labute approximate surface area is 101 Å². The van der Waals surface area contributed by atoms with E-state index in [1.54, 1.807) is 6.92 Å². The second kappa shape index (κ2) is 6.03. The van der Waals surface area contributed by atoms with E-state index in [4.69, 9.17) is 5.11 Å². The van der Waals surface area contributed by atoms with Crippen molar-refractivity contribution in [2.45, 2.75) is 32.7 Å². The van der Waals surface area contributed by atoms with Crippen LogP contribution in [0.2, 0.25) is 0 Å². The van der Waals surface area contributed by atoms with Crippen LogP contribution in [0, 0.1) is 6.92 Å². The number of carboxylic acid groups (broad SMARTS) is 1. The van der Waals surface area contributed by atoms with Gasteiger partial charge in [0.25, 0.3) is 0 Å². The molecule has 1 rings (SSSR count). The number of benzene rings is 1. The highest BCUT2D eigenvalue weighted by Crippen LogP contribution is 2.10. The maximum absolute atomic E-state index is 11.2. The lowest BCUT2D eigenvalue weighted by Crippen LogP contribution is -2.42. The predicted octanol–water partition coefficient (Wildman–Crippen LogP) is 1.52. The maximum atomic E-state index is 11.2. The van der Waals surface area contributed by atoms with E-state index >= 15 is 0 Å². The van der Waals surface area contributed by atoms with Crippen molar-refractivity contribution in [2.24, 2.45) is 0 Å². The lowest BCUT2D eigenvalue weighted by molar-refractivity contribution is -0.141. The van der Waals surface area contributed by atoms with E-state index in [-0.39, 0.29) is 12.3 Å². The summed E-state index contributed by atoms with van der Waals surface area (Å²) in [5.41, 5.74) is 1.97. The average Bonchev–Trinajstić information content (AvgIpc) is 2.30. The van der Waals surface area contributed by atoms with Crippen LogP contribution in [-0.4, -0.2) is 23.0 Å². The highest BCUT2D eigenvalue weighted by atomic mass is 16.4. The van der Waals surface area contributed by atoms with Gasteiger partial charge in [0.1, 0.15) is 6.04 Å². The molecule has 4 heteroatoms. The number of carbonyl (C=O) groups is 2. The van der Waals surface area contributed by atoms with Crippen LogP contribution in [0.15, 0.2) is 24.3 Å². The molecule has 0 aliphatic heterocycles. The van der Waals surface area contributed by atoms with Crippen LogP contribution in [-0.2, 0) is 16.0 Å². The van der Waals surface area contributed by atoms with Crippen molar-refractivity contribution < 1.29 is 14.7 Å². The van der Waals surface area contributed by atoms with Crippen molar-refractivity contribution in [1.29, 1.82) is 0 Å². The minimum Gasteiger partial charge on any atom is -0.480 e. The molecule has 0 fully saturated rings. The molecule has 1 atom stereocenters. The topological polar surface area (TPSA) is 66.4 Å². The fraction of sp³-hybridized carbons (Fsp3) is 0.385. The number of aryl methyl sites for hydroxylation is 1. The van der Waals surface area contributed by atoms with Gasteiger partial charge in [-0.05, 0) is 18.1 Å². The minimum atomic E-state index is -1.00. The summed E-state index contributed by atoms with van der Waals surface area (Å²) >= 11 is 0. The SMILES string of the molecule is CCC(=O)NC(Cc1ccccc1C)C(=O)O. The van der Waals surface area contributed by atoms with Crippen LogP contribution in [0.25, 0.3) is 0 Å². The first kappa shape index (κ1) is 13.2. The van der Waals surface area contributed by atoms with Crippen LogP contribution in [0.1, 0.15) is 24.5 Å². The Morgan fingerprint density at radius 2 is 2.00 bits per heavy atom. The Kier molecular flexibility index (Phi) is 4.69. The summed E-state index contributed by atoms with van der Waals surface area (Å²) in [7, 11) is 0. The third-order valence-corrected chi connectivity index (χ3v) is 2.64. The van der Waals surface area contributed by atoms with Gasteiger partial charge in [-0.2, -0.15) is 0 Å². The van der Waals surface area contributed by atoms with Gasteiger partial charge in [-0.25, -0.2) is 4.79 Å². The molecule has 1 aromatic carbocycles. The molecular weight excluding hydrogens is 218 g/mol. The Bertz CT molecular complexity index is 415. The first-order chi connectivity index (χ1) is 8.04. The van der Waals surface area contributed by atoms with Crippen LogP contribution >= 0.6 is 0 Å². The molecule has 1 aromatic rings. The van der Waals surface area contributed by atoms with E-state index in [0.717, 1.165) is 11.1 Å². The van der Waals surface area contributed by atoms with Gasteiger partial charge >= 0.3 is 5.97 Å². The third kappa shape index (κ3) is 3.90. The number of hydrogen-bond acceptors (Lipinski definition) is 2. The van der Waals surface area contributed by atoms with Crippen molar-refractivity contribution >= 4 is 11.9 Å². The van der Waals surface area contributed by atoms with Crippen molar-refractivity contribution in [3.8, 4) is 0 Å². The molecule has 4 nitrogen and oxygen atoms in total. The molecule has 0 heterocycles. The van der Waals surface area contributed by atoms with Gasteiger partial charge in [0, 0.05) is 12.8 Å². The summed E-state index contributed by atoms with van der Waals surface area (Å²) in [6.07, 6.45) is 0.602. The number of carboxylic acids is 1. The minimum absolute atomic E-state index is 0.244. The first-order valence-corrected chi connectivity index (χ1v) is 5.61. The van der Waals surface area contributed by atoms with Crippen molar-refractivity contribution in [3.63, 3.8) is 0 Å². The highest BCUT2D eigenvalue weighted by Gasteiger charge is 2.20. The fourth-order valence-electron chi connectivity index (χ4n) is 1.56. The molecule has 0 spiro atoms. The molecule has 0 radical (unpaired) electrons. The van der Waals surface area contributed by atoms with Gasteiger partial charge in [0.05, 0.1) is 0 Å². The standard InChI is InChI=1S/C13H17NO3/c1-3-12(15)14-11(13(16)17)8-10-7-5-4-6-9(10)2/h4-7,11H,3,8H2,1-2H3,(H,14,15)(H,16,17). The number of hydrogen-bond donors (Lipinski definition) is 2.